The number of nitrogens with zero attached hydrogens (tertiary/aromatic N) is 4. The third-order valence-electron chi connectivity index (χ3n) is 5.16. The van der Waals surface area contributed by atoms with E-state index in [1.807, 2.05) is 65.2 Å². The van der Waals surface area contributed by atoms with E-state index < -0.39 is 0 Å². The standard InChI is InChI=1S/C26H25N5O3S/c1-30(17-23(32)27-20-12-9-15-22(16-20)34-2)24(33)18-35-26-29-28-25(19-10-5-3-6-11-19)31(26)21-13-7-4-8-14-21/h3-16H,17-18H2,1-2H3,(H,27,32). The average molecular weight is 488 g/mol. The first kappa shape index (κ1) is 24.0. The Morgan fingerprint density at radius 2 is 1.69 bits per heavy atom. The molecular weight excluding hydrogens is 462 g/mol. The van der Waals surface area contributed by atoms with Gasteiger partial charge in [-0.25, -0.2) is 0 Å². The molecule has 2 amide bonds. The number of likely N-dealkylation sites (N-methyl/N-ethyl adjacent to an activating group) is 1. The zero-order chi connectivity index (χ0) is 24.6. The molecule has 1 N–H and O–H groups in total. The molecule has 178 valence electrons. The van der Waals surface area contributed by atoms with Gasteiger partial charge in [-0.05, 0) is 24.3 Å². The van der Waals surface area contributed by atoms with Crippen molar-refractivity contribution in [1.29, 1.82) is 0 Å². The third kappa shape index (κ3) is 6.07. The van der Waals surface area contributed by atoms with Crippen molar-refractivity contribution in [3.63, 3.8) is 0 Å². The Hall–Kier alpha value is -4.11. The predicted molar refractivity (Wildman–Crippen MR) is 137 cm³/mol. The third-order valence-corrected chi connectivity index (χ3v) is 6.08. The fourth-order valence-electron chi connectivity index (χ4n) is 3.39. The first-order valence-corrected chi connectivity index (χ1v) is 11.9. The highest BCUT2D eigenvalue weighted by Gasteiger charge is 2.19. The van der Waals surface area contributed by atoms with Crippen LogP contribution in [0.5, 0.6) is 5.75 Å². The first-order valence-electron chi connectivity index (χ1n) is 10.9. The van der Waals surface area contributed by atoms with Crippen LogP contribution >= 0.6 is 11.8 Å². The number of methoxy groups -OCH3 is 1. The Labute approximate surface area is 207 Å². The van der Waals surface area contributed by atoms with Crippen LogP contribution in [0.25, 0.3) is 17.1 Å². The van der Waals surface area contributed by atoms with Crippen molar-refractivity contribution >= 4 is 29.3 Å². The number of thioether (sulfide) groups is 1. The van der Waals surface area contributed by atoms with E-state index in [4.69, 9.17) is 4.74 Å². The molecule has 0 radical (unpaired) electrons. The van der Waals surface area contributed by atoms with Crippen LogP contribution in [0.15, 0.2) is 90.1 Å². The highest BCUT2D eigenvalue weighted by atomic mass is 32.2. The monoisotopic (exact) mass is 487 g/mol. The highest BCUT2D eigenvalue weighted by molar-refractivity contribution is 7.99. The molecule has 0 spiro atoms. The van der Waals surface area contributed by atoms with Crippen molar-refractivity contribution in [2.24, 2.45) is 0 Å². The number of hydrogen-bond acceptors (Lipinski definition) is 6. The van der Waals surface area contributed by atoms with Gasteiger partial charge in [0.2, 0.25) is 11.8 Å². The Kier molecular flexibility index (Phi) is 7.79. The maximum absolute atomic E-state index is 12.8. The summed E-state index contributed by atoms with van der Waals surface area (Å²) in [7, 11) is 3.16. The Balaban J connectivity index is 1.43. The lowest BCUT2D eigenvalue weighted by Gasteiger charge is -2.17. The largest absolute Gasteiger partial charge is 0.497 e. The van der Waals surface area contributed by atoms with Gasteiger partial charge in [0.05, 0.1) is 19.4 Å². The van der Waals surface area contributed by atoms with Crippen LogP contribution < -0.4 is 10.1 Å². The number of anilines is 1. The predicted octanol–water partition coefficient (Wildman–Crippen LogP) is 4.13. The van der Waals surface area contributed by atoms with Gasteiger partial charge in [-0.1, -0.05) is 66.4 Å². The van der Waals surface area contributed by atoms with Gasteiger partial charge in [-0.15, -0.1) is 10.2 Å². The molecule has 4 aromatic rings. The number of carbonyl (C=O) groups is 2. The second-order valence-corrected chi connectivity index (χ2v) is 8.60. The van der Waals surface area contributed by atoms with Gasteiger partial charge in [0.25, 0.3) is 0 Å². The molecule has 4 rings (SSSR count). The summed E-state index contributed by atoms with van der Waals surface area (Å²) >= 11 is 1.28. The van der Waals surface area contributed by atoms with Crippen molar-refractivity contribution in [3.8, 4) is 22.8 Å². The molecular formula is C26H25N5O3S. The zero-order valence-corrected chi connectivity index (χ0v) is 20.2. The summed E-state index contributed by atoms with van der Waals surface area (Å²) in [4.78, 5) is 26.6. The summed E-state index contributed by atoms with van der Waals surface area (Å²) in [6.07, 6.45) is 0. The van der Waals surface area contributed by atoms with E-state index in [2.05, 4.69) is 15.5 Å². The molecule has 0 saturated heterocycles. The number of benzene rings is 3. The molecule has 9 heteroatoms. The van der Waals surface area contributed by atoms with Gasteiger partial charge in [-0.3, -0.25) is 14.2 Å². The minimum Gasteiger partial charge on any atom is -0.497 e. The molecule has 35 heavy (non-hydrogen) atoms. The Bertz CT molecular complexity index is 1290. The van der Waals surface area contributed by atoms with Crippen molar-refractivity contribution in [3.05, 3.63) is 84.9 Å². The molecule has 0 unspecified atom stereocenters. The molecule has 0 fully saturated rings. The Morgan fingerprint density at radius 3 is 2.40 bits per heavy atom. The highest BCUT2D eigenvalue weighted by Crippen LogP contribution is 2.28. The molecule has 0 aliphatic carbocycles. The second kappa shape index (κ2) is 11.3. The summed E-state index contributed by atoms with van der Waals surface area (Å²) in [6, 6.07) is 26.6. The van der Waals surface area contributed by atoms with Crippen LogP contribution in [0.2, 0.25) is 0 Å². The van der Waals surface area contributed by atoms with Gasteiger partial charge in [0.1, 0.15) is 5.75 Å². The average Bonchev–Trinajstić information content (AvgIpc) is 3.32. The van der Waals surface area contributed by atoms with Gasteiger partial charge in [-0.2, -0.15) is 0 Å². The number of carbonyl (C=O) groups excluding carboxylic acids is 2. The van der Waals surface area contributed by atoms with E-state index in [1.165, 1.54) is 16.7 Å². The van der Waals surface area contributed by atoms with Crippen molar-refractivity contribution in [2.45, 2.75) is 5.16 Å². The van der Waals surface area contributed by atoms with Crippen molar-refractivity contribution in [2.75, 3.05) is 31.8 Å². The van der Waals surface area contributed by atoms with Gasteiger partial charge >= 0.3 is 0 Å². The lowest BCUT2D eigenvalue weighted by atomic mass is 10.2. The minimum atomic E-state index is -0.294. The molecule has 1 heterocycles. The van der Waals surface area contributed by atoms with E-state index in [9.17, 15) is 9.59 Å². The van der Waals surface area contributed by atoms with Crippen LogP contribution in [-0.4, -0.2) is 57.9 Å². The fraction of sp³-hybridized carbons (Fsp3) is 0.154. The zero-order valence-electron chi connectivity index (χ0n) is 19.4. The summed E-state index contributed by atoms with van der Waals surface area (Å²) in [5, 5.41) is 12.1. The number of aromatic nitrogens is 3. The van der Waals surface area contributed by atoms with Crippen molar-refractivity contribution < 1.29 is 14.3 Å². The van der Waals surface area contributed by atoms with E-state index in [0.29, 0.717) is 22.4 Å². The Morgan fingerprint density at radius 1 is 0.971 bits per heavy atom. The van der Waals surface area contributed by atoms with Gasteiger partial charge in [0.15, 0.2) is 11.0 Å². The van der Waals surface area contributed by atoms with Gasteiger partial charge < -0.3 is 15.0 Å². The lowest BCUT2D eigenvalue weighted by Crippen LogP contribution is -2.36. The number of amides is 2. The SMILES string of the molecule is COc1cccc(NC(=O)CN(C)C(=O)CSc2nnc(-c3ccccc3)n2-c2ccccc2)c1. The molecule has 0 bridgehead atoms. The number of rotatable bonds is 9. The first-order chi connectivity index (χ1) is 17.0. The van der Waals surface area contributed by atoms with Crippen molar-refractivity contribution in [1.82, 2.24) is 19.7 Å². The number of hydrogen-bond donors (Lipinski definition) is 1. The molecule has 0 aliphatic rings. The summed E-state index contributed by atoms with van der Waals surface area (Å²) in [5.74, 6) is 0.958. The topological polar surface area (TPSA) is 89.3 Å². The molecule has 0 saturated carbocycles. The molecule has 8 nitrogen and oxygen atoms in total. The van der Waals surface area contributed by atoms with Crippen LogP contribution in [0.3, 0.4) is 0 Å². The smallest absolute Gasteiger partial charge is 0.243 e. The summed E-state index contributed by atoms with van der Waals surface area (Å²) < 4.78 is 7.10. The normalized spacial score (nSPS) is 10.6. The minimum absolute atomic E-state index is 0.0722. The summed E-state index contributed by atoms with van der Waals surface area (Å²) in [5.41, 5.74) is 2.43. The van der Waals surface area contributed by atoms with Gasteiger partial charge in [0, 0.05) is 30.1 Å². The van der Waals surface area contributed by atoms with E-state index in [0.717, 1.165) is 11.3 Å². The van der Waals surface area contributed by atoms with E-state index in [-0.39, 0.29) is 24.1 Å². The molecule has 1 aromatic heterocycles. The van der Waals surface area contributed by atoms with Crippen LogP contribution in [0, 0.1) is 0 Å². The number of para-hydroxylation sites is 1. The summed E-state index contributed by atoms with van der Waals surface area (Å²) in [6.45, 7) is -0.0722. The van der Waals surface area contributed by atoms with Crippen LogP contribution in [0.1, 0.15) is 0 Å². The lowest BCUT2D eigenvalue weighted by molar-refractivity contribution is -0.131. The molecule has 0 aliphatic heterocycles. The van der Waals surface area contributed by atoms with Crippen LogP contribution in [-0.2, 0) is 9.59 Å². The fourth-order valence-corrected chi connectivity index (χ4v) is 4.28. The maximum Gasteiger partial charge on any atom is 0.243 e. The van der Waals surface area contributed by atoms with Crippen LogP contribution in [0.4, 0.5) is 5.69 Å². The quantitative estimate of drug-likeness (QED) is 0.357. The number of nitrogens with one attached hydrogen (secondary N) is 1. The van der Waals surface area contributed by atoms with E-state index in [1.54, 1.807) is 38.4 Å². The van der Waals surface area contributed by atoms with E-state index >= 15 is 0 Å². The maximum atomic E-state index is 12.8. The molecule has 3 aromatic carbocycles. The molecule has 0 atom stereocenters. The second-order valence-electron chi connectivity index (χ2n) is 7.66. The number of ether oxygens (including phenoxy) is 1.